The van der Waals surface area contributed by atoms with Gasteiger partial charge in [0.15, 0.2) is 11.5 Å². The second kappa shape index (κ2) is 10.8. The van der Waals surface area contributed by atoms with E-state index in [1.54, 1.807) is 0 Å². The molecule has 0 unspecified atom stereocenters. The van der Waals surface area contributed by atoms with Crippen LogP contribution in [0.5, 0.6) is 11.5 Å². The monoisotopic (exact) mass is 340 g/mol. The van der Waals surface area contributed by atoms with Crippen LogP contribution in [0, 0.1) is 5.92 Å². The molecule has 0 fully saturated rings. The summed E-state index contributed by atoms with van der Waals surface area (Å²) >= 11 is 0. The summed E-state index contributed by atoms with van der Waals surface area (Å²) in [7, 11) is 1.43. The average Bonchev–Trinajstić information content (AvgIpc) is 2.64. The fourth-order valence-corrected chi connectivity index (χ4v) is 1.99. The highest BCUT2D eigenvalue weighted by atomic mass is 16.5. The standard InChI is InChI=1S/C13H16O.C8H8O3/c1-11(2)8-9-13(10-14)12-6-4-3-5-7-12;1-11-8-4-6(5-9)2-3-7(8)10/h3-7,9-11H,8H2,1-2H3;2-5,10H,1H3/b13-9-;. The summed E-state index contributed by atoms with van der Waals surface area (Å²) in [6, 6.07) is 14.2. The van der Waals surface area contributed by atoms with Crippen molar-refractivity contribution in [1.82, 2.24) is 0 Å². The van der Waals surface area contributed by atoms with Gasteiger partial charge in [0, 0.05) is 11.1 Å². The van der Waals surface area contributed by atoms with Crippen LogP contribution in [0.25, 0.3) is 5.57 Å². The van der Waals surface area contributed by atoms with Crippen molar-refractivity contribution in [3.05, 3.63) is 65.7 Å². The number of carbonyl (C=O) groups is 2. The summed E-state index contributed by atoms with van der Waals surface area (Å²) in [5, 5.41) is 9.09. The topological polar surface area (TPSA) is 63.6 Å². The van der Waals surface area contributed by atoms with Crippen LogP contribution in [0.4, 0.5) is 0 Å². The van der Waals surface area contributed by atoms with E-state index in [1.165, 1.54) is 25.3 Å². The van der Waals surface area contributed by atoms with Gasteiger partial charge in [-0.05, 0) is 36.1 Å². The summed E-state index contributed by atoms with van der Waals surface area (Å²) in [4.78, 5) is 21.1. The molecular formula is C21H24O4. The molecule has 132 valence electrons. The number of benzene rings is 2. The third-order valence-corrected chi connectivity index (χ3v) is 3.38. The molecule has 0 spiro atoms. The van der Waals surface area contributed by atoms with Crippen LogP contribution in [0.15, 0.2) is 54.6 Å². The zero-order valence-electron chi connectivity index (χ0n) is 14.8. The van der Waals surface area contributed by atoms with Crippen LogP contribution in [-0.2, 0) is 4.79 Å². The highest BCUT2D eigenvalue weighted by Crippen LogP contribution is 2.25. The zero-order valence-corrected chi connectivity index (χ0v) is 14.8. The lowest BCUT2D eigenvalue weighted by Crippen LogP contribution is -1.88. The SMILES string of the molecule is CC(C)C/C=C(/C=O)c1ccccc1.COc1cc(C=O)ccc1O. The minimum atomic E-state index is 0.0399. The van der Waals surface area contributed by atoms with Crippen molar-refractivity contribution in [2.75, 3.05) is 7.11 Å². The molecule has 2 aromatic rings. The number of phenols is 1. The van der Waals surface area contributed by atoms with Gasteiger partial charge in [-0.1, -0.05) is 50.3 Å². The van der Waals surface area contributed by atoms with E-state index in [2.05, 4.69) is 13.8 Å². The Morgan fingerprint density at radius 3 is 2.32 bits per heavy atom. The molecule has 0 amide bonds. The second-order valence-electron chi connectivity index (χ2n) is 5.82. The molecule has 0 saturated carbocycles. The normalized spacial score (nSPS) is 10.6. The van der Waals surface area contributed by atoms with E-state index in [1.807, 2.05) is 36.4 Å². The number of aromatic hydroxyl groups is 1. The van der Waals surface area contributed by atoms with Gasteiger partial charge in [-0.15, -0.1) is 0 Å². The fraction of sp³-hybridized carbons (Fsp3) is 0.238. The maximum Gasteiger partial charge on any atom is 0.161 e. The number of hydrogen-bond acceptors (Lipinski definition) is 4. The first-order valence-electron chi connectivity index (χ1n) is 8.04. The largest absolute Gasteiger partial charge is 0.504 e. The Balaban J connectivity index is 0.000000257. The van der Waals surface area contributed by atoms with Gasteiger partial charge in [0.2, 0.25) is 0 Å². The first-order chi connectivity index (χ1) is 12.0. The van der Waals surface area contributed by atoms with Crippen molar-refractivity contribution in [2.24, 2.45) is 5.92 Å². The Morgan fingerprint density at radius 1 is 1.12 bits per heavy atom. The van der Waals surface area contributed by atoms with Gasteiger partial charge in [-0.3, -0.25) is 9.59 Å². The molecule has 0 saturated heterocycles. The third kappa shape index (κ3) is 7.04. The number of phenolic OH excluding ortho intramolecular Hbond substituents is 1. The van der Waals surface area contributed by atoms with Gasteiger partial charge >= 0.3 is 0 Å². The first kappa shape index (κ1) is 20.2. The van der Waals surface area contributed by atoms with Crippen LogP contribution < -0.4 is 4.74 Å². The van der Waals surface area contributed by atoms with Crippen LogP contribution in [0.3, 0.4) is 0 Å². The number of allylic oxidation sites excluding steroid dienone is 2. The summed E-state index contributed by atoms with van der Waals surface area (Å²) in [6.45, 7) is 4.29. The van der Waals surface area contributed by atoms with E-state index in [4.69, 9.17) is 9.84 Å². The molecule has 0 atom stereocenters. The van der Waals surface area contributed by atoms with Crippen LogP contribution >= 0.6 is 0 Å². The summed E-state index contributed by atoms with van der Waals surface area (Å²) < 4.78 is 4.78. The Kier molecular flexibility index (Phi) is 8.72. The number of aldehydes is 2. The molecule has 1 N–H and O–H groups in total. The molecule has 0 radical (unpaired) electrons. The van der Waals surface area contributed by atoms with Crippen LogP contribution in [0.2, 0.25) is 0 Å². The van der Waals surface area contributed by atoms with E-state index in [9.17, 15) is 9.59 Å². The zero-order chi connectivity index (χ0) is 18.7. The molecule has 2 aromatic carbocycles. The molecule has 0 aromatic heterocycles. The van der Waals surface area contributed by atoms with Gasteiger partial charge in [0.1, 0.15) is 12.6 Å². The van der Waals surface area contributed by atoms with Crippen molar-refractivity contribution >= 4 is 18.1 Å². The third-order valence-electron chi connectivity index (χ3n) is 3.38. The lowest BCUT2D eigenvalue weighted by Gasteiger charge is -2.02. The predicted molar refractivity (Wildman–Crippen MR) is 100.0 cm³/mol. The second-order valence-corrected chi connectivity index (χ2v) is 5.82. The molecule has 0 bridgehead atoms. The molecule has 4 heteroatoms. The minimum absolute atomic E-state index is 0.0399. The van der Waals surface area contributed by atoms with Crippen LogP contribution in [-0.4, -0.2) is 24.8 Å². The maximum absolute atomic E-state index is 10.8. The van der Waals surface area contributed by atoms with Gasteiger partial charge in [0.25, 0.3) is 0 Å². The minimum Gasteiger partial charge on any atom is -0.504 e. The van der Waals surface area contributed by atoms with E-state index in [0.29, 0.717) is 23.5 Å². The van der Waals surface area contributed by atoms with E-state index < -0.39 is 0 Å². The van der Waals surface area contributed by atoms with Crippen molar-refractivity contribution in [3.63, 3.8) is 0 Å². The van der Waals surface area contributed by atoms with Gasteiger partial charge in [-0.25, -0.2) is 0 Å². The molecule has 2 rings (SSSR count). The summed E-state index contributed by atoms with van der Waals surface area (Å²) in [5.74, 6) is 0.946. The molecular weight excluding hydrogens is 316 g/mol. The molecule has 0 aliphatic rings. The van der Waals surface area contributed by atoms with E-state index >= 15 is 0 Å². The lowest BCUT2D eigenvalue weighted by molar-refractivity contribution is -0.103. The van der Waals surface area contributed by atoms with Crippen molar-refractivity contribution in [1.29, 1.82) is 0 Å². The fourth-order valence-electron chi connectivity index (χ4n) is 1.99. The number of ether oxygens (including phenoxy) is 1. The quantitative estimate of drug-likeness (QED) is 0.620. The van der Waals surface area contributed by atoms with Gasteiger partial charge < -0.3 is 9.84 Å². The smallest absolute Gasteiger partial charge is 0.161 e. The highest BCUT2D eigenvalue weighted by molar-refractivity contribution is 6.06. The lowest BCUT2D eigenvalue weighted by atomic mass is 10.0. The highest BCUT2D eigenvalue weighted by Gasteiger charge is 2.00. The Labute approximate surface area is 148 Å². The molecule has 4 nitrogen and oxygen atoms in total. The van der Waals surface area contributed by atoms with Crippen LogP contribution in [0.1, 0.15) is 36.2 Å². The Morgan fingerprint density at radius 2 is 1.80 bits per heavy atom. The van der Waals surface area contributed by atoms with Crippen molar-refractivity contribution in [3.8, 4) is 11.5 Å². The average molecular weight is 340 g/mol. The Bertz CT molecular complexity index is 703. The Hall–Kier alpha value is -2.88. The van der Waals surface area contributed by atoms with Gasteiger partial charge in [-0.2, -0.15) is 0 Å². The number of methoxy groups -OCH3 is 1. The van der Waals surface area contributed by atoms with Gasteiger partial charge in [0.05, 0.1) is 7.11 Å². The molecule has 0 heterocycles. The van der Waals surface area contributed by atoms with E-state index in [-0.39, 0.29) is 5.75 Å². The summed E-state index contributed by atoms with van der Waals surface area (Å²) in [6.07, 6.45) is 4.58. The van der Waals surface area contributed by atoms with Crippen molar-refractivity contribution < 1.29 is 19.4 Å². The summed E-state index contributed by atoms with van der Waals surface area (Å²) in [5.41, 5.74) is 2.28. The van der Waals surface area contributed by atoms with Crippen molar-refractivity contribution in [2.45, 2.75) is 20.3 Å². The van der Waals surface area contributed by atoms with E-state index in [0.717, 1.165) is 23.8 Å². The molecule has 0 aliphatic carbocycles. The molecule has 25 heavy (non-hydrogen) atoms. The number of hydrogen-bond donors (Lipinski definition) is 1. The number of rotatable bonds is 6. The predicted octanol–water partition coefficient (Wildman–Crippen LogP) is 4.53. The number of carbonyl (C=O) groups excluding carboxylic acids is 2. The molecule has 0 aliphatic heterocycles. The maximum atomic E-state index is 10.8. The first-order valence-corrected chi connectivity index (χ1v) is 8.04.